The van der Waals surface area contributed by atoms with Crippen molar-refractivity contribution < 1.29 is 23.0 Å². The van der Waals surface area contributed by atoms with Crippen LogP contribution < -0.4 is 14.8 Å². The molecule has 1 N–H and O–H groups in total. The molecule has 3 aromatic rings. The van der Waals surface area contributed by atoms with E-state index in [9.17, 15) is 13.6 Å². The standard InChI is InChI=1S/C17H15F2N5O3S/c1-26-14-5-3-2-4-13(14)24-17(21-22-23-24)28-10-15(25)20-11-6-8-12(9-7-11)27-16(18)19/h2-9,16H,10H2,1H3,(H,20,25). The van der Waals surface area contributed by atoms with Crippen molar-refractivity contribution in [2.75, 3.05) is 18.2 Å². The molecule has 0 saturated heterocycles. The van der Waals surface area contributed by atoms with E-state index in [1.165, 1.54) is 28.9 Å². The predicted molar refractivity (Wildman–Crippen MR) is 98.1 cm³/mol. The minimum absolute atomic E-state index is 0.0124. The van der Waals surface area contributed by atoms with Crippen molar-refractivity contribution in [1.82, 2.24) is 20.2 Å². The summed E-state index contributed by atoms with van der Waals surface area (Å²) in [5.41, 5.74) is 1.10. The zero-order chi connectivity index (χ0) is 19.9. The highest BCUT2D eigenvalue weighted by Crippen LogP contribution is 2.25. The number of rotatable bonds is 8. The van der Waals surface area contributed by atoms with Crippen LogP contribution in [0.3, 0.4) is 0 Å². The third-order valence-electron chi connectivity index (χ3n) is 3.45. The summed E-state index contributed by atoms with van der Waals surface area (Å²) in [6.07, 6.45) is 0. The second-order valence-corrected chi connectivity index (χ2v) is 6.23. The highest BCUT2D eigenvalue weighted by Gasteiger charge is 2.14. The third kappa shape index (κ3) is 4.94. The van der Waals surface area contributed by atoms with Gasteiger partial charge >= 0.3 is 6.61 Å². The molecule has 28 heavy (non-hydrogen) atoms. The molecule has 0 aliphatic heterocycles. The number of methoxy groups -OCH3 is 1. The van der Waals surface area contributed by atoms with E-state index in [0.717, 1.165) is 11.8 Å². The van der Waals surface area contributed by atoms with E-state index in [4.69, 9.17) is 4.74 Å². The monoisotopic (exact) mass is 407 g/mol. The van der Waals surface area contributed by atoms with Gasteiger partial charge in [0.1, 0.15) is 17.2 Å². The lowest BCUT2D eigenvalue weighted by Crippen LogP contribution is -2.14. The van der Waals surface area contributed by atoms with Crippen LogP contribution >= 0.6 is 11.8 Å². The number of nitrogens with zero attached hydrogens (tertiary/aromatic N) is 4. The Labute approximate surface area is 162 Å². The summed E-state index contributed by atoms with van der Waals surface area (Å²) in [6.45, 7) is -2.90. The average Bonchev–Trinajstić information content (AvgIpc) is 3.16. The second kappa shape index (κ2) is 9.13. The van der Waals surface area contributed by atoms with Gasteiger partial charge < -0.3 is 14.8 Å². The minimum atomic E-state index is -2.90. The number of ether oxygens (including phenoxy) is 2. The van der Waals surface area contributed by atoms with Gasteiger partial charge in [0.05, 0.1) is 12.9 Å². The van der Waals surface area contributed by atoms with Gasteiger partial charge in [-0.15, -0.1) is 5.10 Å². The Bertz CT molecular complexity index is 937. The molecule has 146 valence electrons. The van der Waals surface area contributed by atoms with Crippen LogP contribution in [0.2, 0.25) is 0 Å². The molecule has 11 heteroatoms. The van der Waals surface area contributed by atoms with Crippen molar-refractivity contribution in [2.24, 2.45) is 0 Å². The van der Waals surface area contributed by atoms with Gasteiger partial charge in [0.15, 0.2) is 0 Å². The van der Waals surface area contributed by atoms with E-state index in [-0.39, 0.29) is 17.4 Å². The lowest BCUT2D eigenvalue weighted by atomic mass is 10.3. The highest BCUT2D eigenvalue weighted by molar-refractivity contribution is 7.99. The van der Waals surface area contributed by atoms with Crippen LogP contribution in [0.25, 0.3) is 5.69 Å². The molecule has 0 radical (unpaired) electrons. The molecular weight excluding hydrogens is 392 g/mol. The number of anilines is 1. The van der Waals surface area contributed by atoms with Crippen LogP contribution in [0, 0.1) is 0 Å². The number of para-hydroxylation sites is 2. The number of hydrogen-bond acceptors (Lipinski definition) is 7. The lowest BCUT2D eigenvalue weighted by Gasteiger charge is -2.09. The number of benzene rings is 2. The summed E-state index contributed by atoms with van der Waals surface area (Å²) in [4.78, 5) is 12.2. The molecular formula is C17H15F2N5O3S. The molecule has 3 rings (SSSR count). The zero-order valence-electron chi connectivity index (χ0n) is 14.6. The number of amides is 1. The zero-order valence-corrected chi connectivity index (χ0v) is 15.4. The maximum absolute atomic E-state index is 12.2. The summed E-state index contributed by atoms with van der Waals surface area (Å²) in [7, 11) is 1.54. The average molecular weight is 407 g/mol. The van der Waals surface area contributed by atoms with Crippen LogP contribution in [0.4, 0.5) is 14.5 Å². The van der Waals surface area contributed by atoms with Crippen LogP contribution in [-0.4, -0.2) is 45.6 Å². The lowest BCUT2D eigenvalue weighted by molar-refractivity contribution is -0.113. The van der Waals surface area contributed by atoms with Gasteiger partial charge in [-0.05, 0) is 46.8 Å². The third-order valence-corrected chi connectivity index (χ3v) is 4.37. The van der Waals surface area contributed by atoms with Crippen molar-refractivity contribution in [1.29, 1.82) is 0 Å². The van der Waals surface area contributed by atoms with Gasteiger partial charge in [-0.1, -0.05) is 23.9 Å². The van der Waals surface area contributed by atoms with Crippen LogP contribution in [0.1, 0.15) is 0 Å². The van der Waals surface area contributed by atoms with E-state index in [2.05, 4.69) is 25.6 Å². The number of halogens is 2. The van der Waals surface area contributed by atoms with Crippen molar-refractivity contribution in [2.45, 2.75) is 11.8 Å². The largest absolute Gasteiger partial charge is 0.494 e. The van der Waals surface area contributed by atoms with Gasteiger partial charge in [0, 0.05) is 5.69 Å². The fraction of sp³-hybridized carbons (Fsp3) is 0.176. The Morgan fingerprint density at radius 3 is 2.68 bits per heavy atom. The summed E-state index contributed by atoms with van der Waals surface area (Å²) in [5, 5.41) is 14.6. The molecule has 0 spiro atoms. The molecule has 1 aromatic heterocycles. The van der Waals surface area contributed by atoms with E-state index < -0.39 is 6.61 Å². The SMILES string of the molecule is COc1ccccc1-n1nnnc1SCC(=O)Nc1ccc(OC(F)F)cc1. The summed E-state index contributed by atoms with van der Waals surface area (Å²) in [5.74, 6) is 0.345. The van der Waals surface area contributed by atoms with Crippen molar-refractivity contribution in [3.8, 4) is 17.2 Å². The first-order valence-electron chi connectivity index (χ1n) is 7.96. The number of hydrogen-bond donors (Lipinski definition) is 1. The van der Waals surface area contributed by atoms with Crippen LogP contribution in [-0.2, 0) is 4.79 Å². The normalized spacial score (nSPS) is 10.7. The van der Waals surface area contributed by atoms with Gasteiger partial charge in [-0.2, -0.15) is 13.5 Å². The minimum Gasteiger partial charge on any atom is -0.494 e. The number of carbonyl (C=O) groups excluding carboxylic acids is 1. The number of aromatic nitrogens is 4. The number of thioether (sulfide) groups is 1. The second-order valence-electron chi connectivity index (χ2n) is 5.28. The topological polar surface area (TPSA) is 91.2 Å². The molecule has 0 atom stereocenters. The van der Waals surface area contributed by atoms with E-state index >= 15 is 0 Å². The molecule has 0 fully saturated rings. The molecule has 1 amide bonds. The summed E-state index contributed by atoms with van der Waals surface area (Å²) < 4.78 is 35.3. The predicted octanol–water partition coefficient (Wildman–Crippen LogP) is 3.00. The quantitative estimate of drug-likeness (QED) is 0.574. The highest BCUT2D eigenvalue weighted by atomic mass is 32.2. The van der Waals surface area contributed by atoms with E-state index in [1.54, 1.807) is 19.2 Å². The molecule has 0 aliphatic rings. The molecule has 2 aromatic carbocycles. The van der Waals surface area contributed by atoms with Crippen molar-refractivity contribution >= 4 is 23.4 Å². The van der Waals surface area contributed by atoms with Gasteiger partial charge in [-0.3, -0.25) is 4.79 Å². The Hall–Kier alpha value is -3.21. The number of carbonyl (C=O) groups is 1. The number of nitrogens with one attached hydrogen (secondary N) is 1. The maximum atomic E-state index is 12.2. The Morgan fingerprint density at radius 2 is 1.96 bits per heavy atom. The molecule has 0 saturated carbocycles. The molecule has 0 aliphatic carbocycles. The molecule has 8 nitrogen and oxygen atoms in total. The van der Waals surface area contributed by atoms with Crippen molar-refractivity contribution in [3.05, 3.63) is 48.5 Å². The van der Waals surface area contributed by atoms with Gasteiger partial charge in [0.25, 0.3) is 0 Å². The van der Waals surface area contributed by atoms with Gasteiger partial charge in [-0.25, -0.2) is 0 Å². The number of tetrazole rings is 1. The Kier molecular flexibility index (Phi) is 6.37. The van der Waals surface area contributed by atoms with Gasteiger partial charge in [0.2, 0.25) is 11.1 Å². The Morgan fingerprint density at radius 1 is 1.21 bits per heavy atom. The summed E-state index contributed by atoms with van der Waals surface area (Å²) in [6, 6.07) is 12.8. The first-order chi connectivity index (χ1) is 13.6. The number of alkyl halides is 2. The van der Waals surface area contributed by atoms with Crippen molar-refractivity contribution in [3.63, 3.8) is 0 Å². The van der Waals surface area contributed by atoms with E-state index in [1.807, 2.05) is 12.1 Å². The fourth-order valence-electron chi connectivity index (χ4n) is 2.27. The van der Waals surface area contributed by atoms with Crippen LogP contribution in [0.15, 0.2) is 53.7 Å². The molecule has 1 heterocycles. The molecule has 0 unspecified atom stereocenters. The smallest absolute Gasteiger partial charge is 0.387 e. The molecule has 0 bridgehead atoms. The first-order valence-corrected chi connectivity index (χ1v) is 8.94. The Balaban J connectivity index is 1.61. The first kappa shape index (κ1) is 19.5. The fourth-order valence-corrected chi connectivity index (χ4v) is 2.96. The summed E-state index contributed by atoms with van der Waals surface area (Å²) >= 11 is 1.14. The van der Waals surface area contributed by atoms with Crippen LogP contribution in [0.5, 0.6) is 11.5 Å². The van der Waals surface area contributed by atoms with E-state index in [0.29, 0.717) is 22.3 Å². The maximum Gasteiger partial charge on any atom is 0.387 e.